The minimum absolute atomic E-state index is 0.0584. The second-order valence-corrected chi connectivity index (χ2v) is 11.0. The summed E-state index contributed by atoms with van der Waals surface area (Å²) in [5, 5.41) is 0.394. The van der Waals surface area contributed by atoms with Crippen LogP contribution in [0.5, 0.6) is 0 Å². The maximum atomic E-state index is 13.1. The van der Waals surface area contributed by atoms with Crippen molar-refractivity contribution < 1.29 is 17.6 Å². The molecule has 2 aromatic carbocycles. The van der Waals surface area contributed by atoms with Gasteiger partial charge in [-0.15, -0.1) is 0 Å². The molecule has 0 unspecified atom stereocenters. The van der Waals surface area contributed by atoms with E-state index in [2.05, 4.69) is 4.99 Å². The number of carbonyl (C=O) groups is 1. The summed E-state index contributed by atoms with van der Waals surface area (Å²) < 4.78 is 37.4. The van der Waals surface area contributed by atoms with E-state index in [-0.39, 0.29) is 40.9 Å². The van der Waals surface area contributed by atoms with Gasteiger partial charge in [0.15, 0.2) is 15.0 Å². The van der Waals surface area contributed by atoms with Gasteiger partial charge in [-0.05, 0) is 54.8 Å². The molecule has 1 amide bonds. The van der Waals surface area contributed by atoms with Crippen LogP contribution in [0.2, 0.25) is 0 Å². The van der Waals surface area contributed by atoms with Crippen LogP contribution >= 0.6 is 11.8 Å². The molecule has 2 aromatic rings. The predicted octanol–water partition coefficient (Wildman–Crippen LogP) is 3.29. The fraction of sp³-hybridized carbons (Fsp3) is 0.333. The molecule has 0 aromatic heterocycles. The topological polar surface area (TPSA) is 66.8 Å². The van der Waals surface area contributed by atoms with E-state index in [1.165, 1.54) is 23.9 Å². The number of anilines is 1. The summed E-state index contributed by atoms with van der Waals surface area (Å²) in [4.78, 5) is 18.8. The minimum atomic E-state index is -3.11. The van der Waals surface area contributed by atoms with Crippen LogP contribution in [0.3, 0.4) is 0 Å². The molecule has 0 aliphatic carbocycles. The van der Waals surface area contributed by atoms with Gasteiger partial charge in [0.05, 0.1) is 24.0 Å². The zero-order chi connectivity index (χ0) is 20.8. The molecule has 4 rings (SSSR count). The summed E-state index contributed by atoms with van der Waals surface area (Å²) in [6.45, 7) is 3.97. The normalized spacial score (nSPS) is 24.1. The van der Waals surface area contributed by atoms with Gasteiger partial charge in [0, 0.05) is 10.9 Å². The van der Waals surface area contributed by atoms with E-state index in [4.69, 9.17) is 0 Å². The summed E-state index contributed by atoms with van der Waals surface area (Å²) in [7, 11) is -3.11. The van der Waals surface area contributed by atoms with E-state index in [1.54, 1.807) is 12.1 Å². The van der Waals surface area contributed by atoms with Crippen molar-refractivity contribution in [3.63, 3.8) is 0 Å². The smallest absolute Gasteiger partial charge is 0.252 e. The van der Waals surface area contributed by atoms with Gasteiger partial charge in [-0.3, -0.25) is 4.79 Å². The van der Waals surface area contributed by atoms with Crippen LogP contribution in [0.1, 0.15) is 16.7 Å². The standard InChI is InChI=1S/C21H21FN2O3S2/c1-13-7-14(2)9-17(8-13)24-18-11-29(26,27)12-19(18)28-21(24)23-20(25)10-15-3-5-16(22)6-4-15/h3-9,18-19H,10-12H2,1-2H3/t18-,19+/m1/s1. The quantitative estimate of drug-likeness (QED) is 0.745. The number of rotatable bonds is 3. The van der Waals surface area contributed by atoms with Gasteiger partial charge in [-0.1, -0.05) is 30.0 Å². The first kappa shape index (κ1) is 20.1. The fourth-order valence-corrected chi connectivity index (χ4v) is 7.81. The fourth-order valence-electron chi connectivity index (χ4n) is 3.88. The molecule has 2 aliphatic rings. The van der Waals surface area contributed by atoms with Gasteiger partial charge in [-0.25, -0.2) is 12.8 Å². The largest absolute Gasteiger partial charge is 0.316 e. The van der Waals surface area contributed by atoms with Crippen molar-refractivity contribution in [2.24, 2.45) is 4.99 Å². The number of aliphatic imine (C=N–C) groups is 1. The average molecular weight is 433 g/mol. The van der Waals surface area contributed by atoms with Crippen molar-refractivity contribution >= 4 is 38.4 Å². The molecule has 2 aliphatic heterocycles. The Hall–Kier alpha value is -2.19. The minimum Gasteiger partial charge on any atom is -0.316 e. The van der Waals surface area contributed by atoms with Crippen LogP contribution in [0.25, 0.3) is 0 Å². The van der Waals surface area contributed by atoms with Crippen molar-refractivity contribution in [3.8, 4) is 0 Å². The Morgan fingerprint density at radius 2 is 1.79 bits per heavy atom. The van der Waals surface area contributed by atoms with Gasteiger partial charge < -0.3 is 4.90 Å². The molecule has 29 heavy (non-hydrogen) atoms. The van der Waals surface area contributed by atoms with E-state index in [0.29, 0.717) is 10.7 Å². The maximum Gasteiger partial charge on any atom is 0.252 e. The van der Waals surface area contributed by atoms with E-state index in [9.17, 15) is 17.6 Å². The van der Waals surface area contributed by atoms with Crippen LogP contribution < -0.4 is 4.90 Å². The molecule has 0 saturated carbocycles. The Balaban J connectivity index is 1.66. The molecule has 0 radical (unpaired) electrons. The second kappa shape index (κ2) is 7.57. The van der Waals surface area contributed by atoms with Crippen LogP contribution in [0, 0.1) is 19.7 Å². The predicted molar refractivity (Wildman–Crippen MR) is 115 cm³/mol. The first-order valence-electron chi connectivity index (χ1n) is 9.31. The van der Waals surface area contributed by atoms with E-state index < -0.39 is 9.84 Å². The lowest BCUT2D eigenvalue weighted by Crippen LogP contribution is -2.37. The number of amides is 1. The Kier molecular flexibility index (Phi) is 5.25. The zero-order valence-electron chi connectivity index (χ0n) is 16.1. The molecular weight excluding hydrogens is 411 g/mol. The zero-order valence-corrected chi connectivity index (χ0v) is 17.8. The molecule has 2 fully saturated rings. The molecule has 5 nitrogen and oxygen atoms in total. The monoisotopic (exact) mass is 432 g/mol. The van der Waals surface area contributed by atoms with Crippen LogP contribution in [-0.4, -0.2) is 42.3 Å². The lowest BCUT2D eigenvalue weighted by atomic mass is 10.1. The van der Waals surface area contributed by atoms with Gasteiger partial charge >= 0.3 is 0 Å². The number of hydrogen-bond donors (Lipinski definition) is 0. The number of aryl methyl sites for hydroxylation is 2. The summed E-state index contributed by atoms with van der Waals surface area (Å²) in [6.07, 6.45) is 0.0681. The van der Waals surface area contributed by atoms with Gasteiger partial charge in [0.25, 0.3) is 5.91 Å². The third-order valence-electron chi connectivity index (χ3n) is 5.04. The van der Waals surface area contributed by atoms with Crippen molar-refractivity contribution in [3.05, 3.63) is 65.0 Å². The second-order valence-electron chi connectivity index (χ2n) is 7.61. The number of halogens is 1. The summed E-state index contributed by atoms with van der Waals surface area (Å²) >= 11 is 1.36. The molecular formula is C21H21FN2O3S2. The number of hydrogen-bond acceptors (Lipinski definition) is 4. The van der Waals surface area contributed by atoms with Crippen LogP contribution in [0.4, 0.5) is 10.1 Å². The molecule has 2 heterocycles. The van der Waals surface area contributed by atoms with Crippen LogP contribution in [0.15, 0.2) is 47.5 Å². The average Bonchev–Trinajstić information content (AvgIpc) is 3.06. The Labute approximate surface area is 173 Å². The molecule has 0 spiro atoms. The third kappa shape index (κ3) is 4.38. The maximum absolute atomic E-state index is 13.1. The summed E-state index contributed by atoms with van der Waals surface area (Å²) in [5.41, 5.74) is 3.66. The lowest BCUT2D eigenvalue weighted by Gasteiger charge is -2.25. The molecule has 8 heteroatoms. The molecule has 2 atom stereocenters. The van der Waals surface area contributed by atoms with Crippen molar-refractivity contribution in [2.75, 3.05) is 16.4 Å². The van der Waals surface area contributed by atoms with Crippen molar-refractivity contribution in [1.82, 2.24) is 0 Å². The number of thioether (sulfide) groups is 1. The third-order valence-corrected chi connectivity index (χ3v) is 8.25. The van der Waals surface area contributed by atoms with Crippen LogP contribution in [-0.2, 0) is 21.1 Å². The number of fused-ring (bicyclic) bond motifs is 1. The summed E-state index contributed by atoms with van der Waals surface area (Å²) in [5.74, 6) is -0.539. The Morgan fingerprint density at radius 1 is 1.14 bits per heavy atom. The van der Waals surface area contributed by atoms with Gasteiger partial charge in [-0.2, -0.15) is 4.99 Å². The Morgan fingerprint density at radius 3 is 2.45 bits per heavy atom. The number of nitrogens with zero attached hydrogens (tertiary/aromatic N) is 2. The number of benzene rings is 2. The highest BCUT2D eigenvalue weighted by molar-refractivity contribution is 8.16. The van der Waals surface area contributed by atoms with E-state index in [0.717, 1.165) is 16.8 Å². The lowest BCUT2D eigenvalue weighted by molar-refractivity contribution is -0.117. The molecule has 0 N–H and O–H groups in total. The highest BCUT2D eigenvalue weighted by Crippen LogP contribution is 2.41. The SMILES string of the molecule is Cc1cc(C)cc(N2C(=NC(=O)Cc3ccc(F)cc3)S[C@H]3CS(=O)(=O)C[C@H]32)c1. The Bertz CT molecular complexity index is 1080. The molecule has 0 bridgehead atoms. The van der Waals surface area contributed by atoms with Gasteiger partial charge in [0.2, 0.25) is 0 Å². The number of carbonyl (C=O) groups excluding carboxylic acids is 1. The van der Waals surface area contributed by atoms with E-state index in [1.807, 2.05) is 36.9 Å². The van der Waals surface area contributed by atoms with Crippen molar-refractivity contribution in [1.29, 1.82) is 0 Å². The van der Waals surface area contributed by atoms with Crippen molar-refractivity contribution in [2.45, 2.75) is 31.6 Å². The van der Waals surface area contributed by atoms with Gasteiger partial charge in [0.1, 0.15) is 5.82 Å². The number of amidine groups is 1. The molecule has 152 valence electrons. The first-order valence-corrected chi connectivity index (χ1v) is 12.0. The molecule has 2 saturated heterocycles. The van der Waals surface area contributed by atoms with E-state index >= 15 is 0 Å². The highest BCUT2D eigenvalue weighted by Gasteiger charge is 2.49. The highest BCUT2D eigenvalue weighted by atomic mass is 32.2. The summed E-state index contributed by atoms with van der Waals surface area (Å²) in [6, 6.07) is 11.6. The number of sulfone groups is 1. The first-order chi connectivity index (χ1) is 13.7.